The number of aliphatic carboxylic acids is 1. The number of aliphatic hydroxyl groups excluding tert-OH is 1. The highest BCUT2D eigenvalue weighted by Crippen LogP contribution is 2.20. The molecule has 106 valence electrons. The highest BCUT2D eigenvalue weighted by atomic mass is 16.4. The predicted molar refractivity (Wildman–Crippen MR) is 73.5 cm³/mol. The molecule has 1 atom stereocenters. The normalized spacial score (nSPS) is 12.3. The third-order valence-electron chi connectivity index (χ3n) is 3.16. The molecule has 0 unspecified atom stereocenters. The maximum absolute atomic E-state index is 12.2. The summed E-state index contributed by atoms with van der Waals surface area (Å²) in [5, 5.41) is 21.0. The molecule has 6 nitrogen and oxygen atoms in total. The van der Waals surface area contributed by atoms with Gasteiger partial charge in [0.25, 0.3) is 5.91 Å². The molecule has 0 saturated carbocycles. The highest BCUT2D eigenvalue weighted by Gasteiger charge is 2.22. The summed E-state index contributed by atoms with van der Waals surface area (Å²) >= 11 is 0. The molecule has 6 heteroatoms. The van der Waals surface area contributed by atoms with Crippen LogP contribution >= 0.6 is 0 Å². The number of nitrogens with zero attached hydrogens (tertiary/aromatic N) is 1. The van der Waals surface area contributed by atoms with Crippen molar-refractivity contribution >= 4 is 22.8 Å². The first-order valence-corrected chi connectivity index (χ1v) is 6.23. The minimum Gasteiger partial charge on any atom is -0.480 e. The van der Waals surface area contributed by atoms with E-state index in [1.165, 1.54) is 0 Å². The van der Waals surface area contributed by atoms with Gasteiger partial charge in [-0.05, 0) is 6.07 Å². The summed E-state index contributed by atoms with van der Waals surface area (Å²) in [6.07, 6.45) is 1.64. The number of amides is 1. The second-order valence-electron chi connectivity index (χ2n) is 4.55. The second kappa shape index (κ2) is 5.75. The zero-order valence-corrected chi connectivity index (χ0v) is 11.0. The van der Waals surface area contributed by atoms with Crippen molar-refractivity contribution in [1.82, 2.24) is 9.88 Å². The maximum Gasteiger partial charge on any atom is 0.326 e. The van der Waals surface area contributed by atoms with Crippen LogP contribution < -0.4 is 5.32 Å². The first-order valence-electron chi connectivity index (χ1n) is 6.23. The van der Waals surface area contributed by atoms with Crippen molar-refractivity contribution in [3.8, 4) is 0 Å². The third-order valence-corrected chi connectivity index (χ3v) is 3.16. The van der Waals surface area contributed by atoms with E-state index in [1.54, 1.807) is 6.20 Å². The van der Waals surface area contributed by atoms with Crippen LogP contribution in [-0.4, -0.2) is 39.3 Å². The molecule has 2 aromatic rings. The van der Waals surface area contributed by atoms with Crippen LogP contribution in [0.4, 0.5) is 0 Å². The fraction of sp³-hybridized carbons (Fsp3) is 0.286. The quantitative estimate of drug-likeness (QED) is 0.751. The number of nitrogens with one attached hydrogen (secondary N) is 1. The number of aromatic nitrogens is 1. The van der Waals surface area contributed by atoms with E-state index in [1.807, 2.05) is 35.9 Å². The number of carbonyl (C=O) groups excluding carboxylic acids is 1. The Morgan fingerprint density at radius 1 is 1.35 bits per heavy atom. The molecule has 1 amide bonds. The number of fused-ring (bicyclic) bond motifs is 1. The number of carbonyl (C=O) groups is 2. The van der Waals surface area contributed by atoms with Gasteiger partial charge >= 0.3 is 5.97 Å². The number of para-hydroxylation sites is 1. The number of aryl methyl sites for hydroxylation is 1. The lowest BCUT2D eigenvalue weighted by Gasteiger charge is -2.12. The minimum absolute atomic E-state index is 0.0220. The van der Waals surface area contributed by atoms with Gasteiger partial charge in [-0.2, -0.15) is 0 Å². The van der Waals surface area contributed by atoms with Crippen molar-refractivity contribution in [2.75, 3.05) is 6.61 Å². The van der Waals surface area contributed by atoms with E-state index in [2.05, 4.69) is 5.32 Å². The van der Waals surface area contributed by atoms with Crippen LogP contribution in [0.15, 0.2) is 30.5 Å². The van der Waals surface area contributed by atoms with E-state index in [4.69, 9.17) is 10.2 Å². The minimum atomic E-state index is -1.16. The summed E-state index contributed by atoms with van der Waals surface area (Å²) in [5.74, 6) is -1.62. The lowest BCUT2D eigenvalue weighted by molar-refractivity contribution is -0.139. The van der Waals surface area contributed by atoms with Crippen molar-refractivity contribution in [1.29, 1.82) is 0 Å². The Balaban J connectivity index is 2.29. The lowest BCUT2D eigenvalue weighted by atomic mass is 10.1. The molecule has 0 aliphatic rings. The lowest BCUT2D eigenvalue weighted by Crippen LogP contribution is -2.41. The van der Waals surface area contributed by atoms with E-state index in [0.717, 1.165) is 10.9 Å². The van der Waals surface area contributed by atoms with Crippen molar-refractivity contribution in [2.24, 2.45) is 7.05 Å². The average Bonchev–Trinajstić information content (AvgIpc) is 2.76. The number of carboxylic acid groups (broad SMARTS) is 1. The summed E-state index contributed by atoms with van der Waals surface area (Å²) in [6, 6.07) is 6.30. The van der Waals surface area contributed by atoms with Crippen LogP contribution in [0, 0.1) is 0 Å². The van der Waals surface area contributed by atoms with E-state index in [0.29, 0.717) is 5.56 Å². The van der Waals surface area contributed by atoms with Crippen LogP contribution in [0.25, 0.3) is 10.9 Å². The molecule has 0 spiro atoms. The van der Waals surface area contributed by atoms with E-state index >= 15 is 0 Å². The molecular weight excluding hydrogens is 260 g/mol. The zero-order valence-electron chi connectivity index (χ0n) is 11.0. The average molecular weight is 276 g/mol. The van der Waals surface area contributed by atoms with Crippen LogP contribution in [0.5, 0.6) is 0 Å². The predicted octanol–water partition coefficient (Wildman–Crippen LogP) is 0.744. The van der Waals surface area contributed by atoms with Gasteiger partial charge in [0.05, 0.1) is 5.56 Å². The summed E-state index contributed by atoms with van der Waals surface area (Å²) in [5.41, 5.74) is 1.32. The number of aliphatic hydroxyl groups is 1. The van der Waals surface area contributed by atoms with E-state index < -0.39 is 17.9 Å². The van der Waals surface area contributed by atoms with Gasteiger partial charge in [0.2, 0.25) is 0 Å². The molecule has 0 radical (unpaired) electrons. The Labute approximate surface area is 115 Å². The van der Waals surface area contributed by atoms with Gasteiger partial charge in [-0.1, -0.05) is 18.2 Å². The van der Waals surface area contributed by atoms with Crippen molar-refractivity contribution in [3.05, 3.63) is 36.0 Å². The Hall–Kier alpha value is -2.34. The molecule has 1 heterocycles. The smallest absolute Gasteiger partial charge is 0.326 e. The van der Waals surface area contributed by atoms with Crippen molar-refractivity contribution < 1.29 is 19.8 Å². The maximum atomic E-state index is 12.2. The first-order chi connectivity index (χ1) is 9.54. The summed E-state index contributed by atoms with van der Waals surface area (Å²) in [7, 11) is 1.82. The molecule has 1 aromatic heterocycles. The summed E-state index contributed by atoms with van der Waals surface area (Å²) in [6.45, 7) is -0.299. The summed E-state index contributed by atoms with van der Waals surface area (Å²) < 4.78 is 1.81. The van der Waals surface area contributed by atoms with Gasteiger partial charge in [-0.15, -0.1) is 0 Å². The van der Waals surface area contributed by atoms with Crippen molar-refractivity contribution in [2.45, 2.75) is 12.5 Å². The molecule has 0 saturated heterocycles. The van der Waals surface area contributed by atoms with E-state index in [9.17, 15) is 9.59 Å². The van der Waals surface area contributed by atoms with Crippen LogP contribution in [0.3, 0.4) is 0 Å². The second-order valence-corrected chi connectivity index (χ2v) is 4.55. The molecule has 1 aromatic carbocycles. The largest absolute Gasteiger partial charge is 0.480 e. The third kappa shape index (κ3) is 2.65. The van der Waals surface area contributed by atoms with Gasteiger partial charge in [0.1, 0.15) is 6.04 Å². The number of benzene rings is 1. The van der Waals surface area contributed by atoms with Crippen LogP contribution in [0.1, 0.15) is 16.8 Å². The van der Waals surface area contributed by atoms with Gasteiger partial charge in [-0.3, -0.25) is 4.79 Å². The Morgan fingerprint density at radius 2 is 2.05 bits per heavy atom. The molecule has 0 aliphatic carbocycles. The molecule has 0 bridgehead atoms. The van der Waals surface area contributed by atoms with Gasteiger partial charge in [0, 0.05) is 37.2 Å². The Morgan fingerprint density at radius 3 is 2.70 bits per heavy atom. The van der Waals surface area contributed by atoms with Gasteiger partial charge < -0.3 is 20.1 Å². The topological polar surface area (TPSA) is 91.6 Å². The van der Waals surface area contributed by atoms with Gasteiger partial charge in [0.15, 0.2) is 0 Å². The standard InChI is InChI=1S/C14H16N2O4/c1-16-8-10(9-4-2-3-5-12(9)16)13(18)15-11(6-7-17)14(19)20/h2-5,8,11,17H,6-7H2,1H3,(H,15,18)(H,19,20)/t11-/m1/s1. The number of rotatable bonds is 5. The molecule has 2 rings (SSSR count). The number of carboxylic acids is 1. The summed E-state index contributed by atoms with van der Waals surface area (Å²) in [4.78, 5) is 23.2. The highest BCUT2D eigenvalue weighted by molar-refractivity contribution is 6.07. The van der Waals surface area contributed by atoms with Crippen LogP contribution in [-0.2, 0) is 11.8 Å². The Bertz CT molecular complexity index is 648. The first kappa shape index (κ1) is 14.1. The number of hydrogen-bond acceptors (Lipinski definition) is 3. The van der Waals surface area contributed by atoms with Crippen LogP contribution in [0.2, 0.25) is 0 Å². The molecular formula is C14H16N2O4. The fourth-order valence-electron chi connectivity index (χ4n) is 2.15. The fourth-order valence-corrected chi connectivity index (χ4v) is 2.15. The SMILES string of the molecule is Cn1cc(C(=O)N[C@H](CCO)C(=O)O)c2ccccc21. The molecule has 3 N–H and O–H groups in total. The molecule has 0 fully saturated rings. The molecule has 20 heavy (non-hydrogen) atoms. The monoisotopic (exact) mass is 276 g/mol. The molecule has 0 aliphatic heterocycles. The zero-order chi connectivity index (χ0) is 14.7. The van der Waals surface area contributed by atoms with E-state index in [-0.39, 0.29) is 13.0 Å². The Kier molecular flexibility index (Phi) is 4.05. The number of hydrogen-bond donors (Lipinski definition) is 3. The van der Waals surface area contributed by atoms with Gasteiger partial charge in [-0.25, -0.2) is 4.79 Å². The van der Waals surface area contributed by atoms with Crippen molar-refractivity contribution in [3.63, 3.8) is 0 Å².